The van der Waals surface area contributed by atoms with Gasteiger partial charge >= 0.3 is 0 Å². The number of para-hydroxylation sites is 2. The minimum absolute atomic E-state index is 0.604. The van der Waals surface area contributed by atoms with E-state index in [1.54, 1.807) is 17.7 Å². The average Bonchev–Trinajstić information content (AvgIpc) is 3.45. The lowest BCUT2D eigenvalue weighted by molar-refractivity contribution is 0.258. The molecule has 0 unspecified atom stereocenters. The standard InChI is InChI=1S/C21H20N6OS2/c1-2-8-26-9-7-13-16(10-26)30-20-18(13)19-24-17(25-27(19)12-22-20)11-29-21-23-14-5-3-4-6-15(14)28-21/h3-6,12H,2,7-11H2,1H3. The van der Waals surface area contributed by atoms with Gasteiger partial charge in [-0.1, -0.05) is 30.8 Å². The first-order chi connectivity index (χ1) is 14.8. The molecule has 0 N–H and O–H groups in total. The van der Waals surface area contributed by atoms with Gasteiger partial charge in [0.05, 0.1) is 11.1 Å². The first-order valence-electron chi connectivity index (χ1n) is 10.1. The fourth-order valence-electron chi connectivity index (χ4n) is 4.10. The van der Waals surface area contributed by atoms with Crippen molar-refractivity contribution < 1.29 is 4.42 Å². The summed E-state index contributed by atoms with van der Waals surface area (Å²) in [5, 5.41) is 6.47. The minimum atomic E-state index is 0.604. The van der Waals surface area contributed by atoms with Crippen LogP contribution in [0.25, 0.3) is 27.0 Å². The molecule has 0 saturated heterocycles. The SMILES string of the molecule is CCCN1CCc2c(sc3ncn4nc(CSc5nc6ccccc6o5)nc4c23)C1. The first-order valence-corrected chi connectivity index (χ1v) is 11.9. The number of nitrogens with zero attached hydrogens (tertiary/aromatic N) is 6. The van der Waals surface area contributed by atoms with Crippen molar-refractivity contribution in [3.63, 3.8) is 0 Å². The summed E-state index contributed by atoms with van der Waals surface area (Å²) >= 11 is 3.32. The van der Waals surface area contributed by atoms with Gasteiger partial charge in [-0.2, -0.15) is 0 Å². The van der Waals surface area contributed by atoms with Gasteiger partial charge in [0.15, 0.2) is 17.1 Å². The van der Waals surface area contributed by atoms with Crippen molar-refractivity contribution in [2.45, 2.75) is 37.3 Å². The van der Waals surface area contributed by atoms with Crippen molar-refractivity contribution in [1.29, 1.82) is 0 Å². The van der Waals surface area contributed by atoms with Crippen molar-refractivity contribution in [3.05, 3.63) is 46.9 Å². The molecule has 1 aliphatic heterocycles. The zero-order chi connectivity index (χ0) is 20.1. The Morgan fingerprint density at radius 3 is 3.07 bits per heavy atom. The predicted molar refractivity (Wildman–Crippen MR) is 119 cm³/mol. The van der Waals surface area contributed by atoms with Crippen molar-refractivity contribution in [2.24, 2.45) is 0 Å². The van der Waals surface area contributed by atoms with Gasteiger partial charge in [-0.25, -0.2) is 19.5 Å². The van der Waals surface area contributed by atoms with Crippen molar-refractivity contribution in [2.75, 3.05) is 13.1 Å². The van der Waals surface area contributed by atoms with Crippen molar-refractivity contribution in [1.82, 2.24) is 29.5 Å². The Morgan fingerprint density at radius 1 is 1.23 bits per heavy atom. The molecule has 0 fully saturated rings. The minimum Gasteiger partial charge on any atom is -0.431 e. The van der Waals surface area contributed by atoms with E-state index < -0.39 is 0 Å². The number of thioether (sulfide) groups is 1. The molecule has 0 aliphatic carbocycles. The summed E-state index contributed by atoms with van der Waals surface area (Å²) in [6.07, 6.45) is 4.02. The quantitative estimate of drug-likeness (QED) is 0.375. The molecule has 9 heteroatoms. The van der Waals surface area contributed by atoms with Gasteiger partial charge in [-0.15, -0.1) is 16.4 Å². The van der Waals surface area contributed by atoms with Crippen molar-refractivity contribution in [3.8, 4) is 0 Å². The zero-order valence-corrected chi connectivity index (χ0v) is 18.2. The highest BCUT2D eigenvalue weighted by Crippen LogP contribution is 2.36. The molecule has 7 nitrogen and oxygen atoms in total. The van der Waals surface area contributed by atoms with E-state index >= 15 is 0 Å². The van der Waals surface area contributed by atoms with Gasteiger partial charge in [-0.05, 0) is 37.1 Å². The van der Waals surface area contributed by atoms with E-state index in [1.165, 1.54) is 34.0 Å². The van der Waals surface area contributed by atoms with Crippen LogP contribution in [0.1, 0.15) is 29.6 Å². The summed E-state index contributed by atoms with van der Waals surface area (Å²) in [6, 6.07) is 7.80. The second-order valence-corrected chi connectivity index (χ2v) is 9.50. The number of hydrogen-bond acceptors (Lipinski definition) is 8. The van der Waals surface area contributed by atoms with E-state index in [9.17, 15) is 0 Å². The van der Waals surface area contributed by atoms with Crippen LogP contribution in [0.4, 0.5) is 0 Å². The topological polar surface area (TPSA) is 72.4 Å². The molecule has 152 valence electrons. The summed E-state index contributed by atoms with van der Waals surface area (Å²) in [4.78, 5) is 19.1. The number of rotatable bonds is 5. The van der Waals surface area contributed by atoms with E-state index in [0.29, 0.717) is 11.0 Å². The molecule has 30 heavy (non-hydrogen) atoms. The summed E-state index contributed by atoms with van der Waals surface area (Å²) in [7, 11) is 0. The monoisotopic (exact) mass is 436 g/mol. The van der Waals surface area contributed by atoms with Gasteiger partial charge in [0.1, 0.15) is 16.7 Å². The van der Waals surface area contributed by atoms with Crippen LogP contribution in [-0.4, -0.2) is 42.6 Å². The molecule has 0 saturated carbocycles. The number of fused-ring (bicyclic) bond motifs is 6. The predicted octanol–water partition coefficient (Wildman–Crippen LogP) is 4.54. The smallest absolute Gasteiger partial charge is 0.257 e. The molecule has 0 amide bonds. The maximum absolute atomic E-state index is 5.80. The molecular formula is C21H20N6OS2. The maximum Gasteiger partial charge on any atom is 0.257 e. The van der Waals surface area contributed by atoms with E-state index in [4.69, 9.17) is 9.40 Å². The second-order valence-electron chi connectivity index (χ2n) is 7.49. The number of oxazole rings is 1. The molecule has 0 radical (unpaired) electrons. The highest BCUT2D eigenvalue weighted by Gasteiger charge is 2.24. The Kier molecular flexibility index (Phi) is 4.47. The van der Waals surface area contributed by atoms with Crippen LogP contribution < -0.4 is 0 Å². The normalized spacial score (nSPS) is 14.8. The van der Waals surface area contributed by atoms with Crippen LogP contribution >= 0.6 is 23.1 Å². The Balaban J connectivity index is 1.31. The maximum atomic E-state index is 5.80. The summed E-state index contributed by atoms with van der Waals surface area (Å²) in [6.45, 7) is 5.51. The van der Waals surface area contributed by atoms with Crippen LogP contribution in [0, 0.1) is 0 Å². The molecule has 0 atom stereocenters. The third-order valence-corrected chi connectivity index (χ3v) is 7.39. The summed E-state index contributed by atoms with van der Waals surface area (Å²) in [5.74, 6) is 1.37. The molecule has 1 aromatic carbocycles. The van der Waals surface area contributed by atoms with Crippen LogP contribution in [-0.2, 0) is 18.7 Å². The number of hydrogen-bond donors (Lipinski definition) is 0. The highest BCUT2D eigenvalue weighted by molar-refractivity contribution is 7.98. The highest BCUT2D eigenvalue weighted by atomic mass is 32.2. The van der Waals surface area contributed by atoms with E-state index in [1.807, 2.05) is 28.8 Å². The Labute approximate surface area is 181 Å². The first kappa shape index (κ1) is 18.3. The fourth-order valence-corrected chi connectivity index (χ4v) is 6.01. The third-order valence-electron chi connectivity index (χ3n) is 5.44. The van der Waals surface area contributed by atoms with Crippen LogP contribution in [0.15, 0.2) is 40.2 Å². The van der Waals surface area contributed by atoms with Crippen LogP contribution in [0.2, 0.25) is 0 Å². The van der Waals surface area contributed by atoms with Crippen LogP contribution in [0.3, 0.4) is 0 Å². The van der Waals surface area contributed by atoms with Gasteiger partial charge in [-0.3, -0.25) is 4.90 Å². The van der Waals surface area contributed by atoms with Gasteiger partial charge in [0, 0.05) is 18.0 Å². The molecule has 6 rings (SSSR count). The van der Waals surface area contributed by atoms with Gasteiger partial charge < -0.3 is 4.42 Å². The lowest BCUT2D eigenvalue weighted by Crippen LogP contribution is -2.30. The molecule has 4 aromatic heterocycles. The molecular weight excluding hydrogens is 416 g/mol. The second kappa shape index (κ2) is 7.33. The Bertz CT molecular complexity index is 1340. The van der Waals surface area contributed by atoms with Crippen LogP contribution in [0.5, 0.6) is 0 Å². The largest absolute Gasteiger partial charge is 0.431 e. The molecule has 5 aromatic rings. The van der Waals surface area contributed by atoms with E-state index in [-0.39, 0.29) is 0 Å². The average molecular weight is 437 g/mol. The van der Waals surface area contributed by atoms with Gasteiger partial charge in [0.2, 0.25) is 0 Å². The summed E-state index contributed by atoms with van der Waals surface area (Å²) < 4.78 is 7.62. The summed E-state index contributed by atoms with van der Waals surface area (Å²) in [5.41, 5.74) is 3.99. The van der Waals surface area contributed by atoms with E-state index in [0.717, 1.165) is 53.5 Å². The zero-order valence-electron chi connectivity index (χ0n) is 16.5. The Morgan fingerprint density at radius 2 is 2.17 bits per heavy atom. The van der Waals surface area contributed by atoms with Gasteiger partial charge in [0.25, 0.3) is 5.22 Å². The molecule has 0 bridgehead atoms. The lowest BCUT2D eigenvalue weighted by atomic mass is 10.1. The Hall–Kier alpha value is -2.49. The number of aromatic nitrogens is 5. The van der Waals surface area contributed by atoms with E-state index in [2.05, 4.69) is 26.9 Å². The molecule has 1 aliphatic rings. The number of thiophene rings is 1. The van der Waals surface area contributed by atoms with Crippen molar-refractivity contribution >= 4 is 50.1 Å². The number of benzene rings is 1. The third kappa shape index (κ3) is 3.08. The lowest BCUT2D eigenvalue weighted by Gasteiger charge is -2.26. The molecule has 5 heterocycles. The molecule has 0 spiro atoms. The fraction of sp³-hybridized carbons (Fsp3) is 0.333.